The molecule has 1 heterocycles. The lowest BCUT2D eigenvalue weighted by Crippen LogP contribution is -2.01. The van der Waals surface area contributed by atoms with Crippen LogP contribution in [-0.2, 0) is 0 Å². The van der Waals surface area contributed by atoms with Crippen molar-refractivity contribution in [3.8, 4) is 0 Å². The molecule has 0 aliphatic carbocycles. The summed E-state index contributed by atoms with van der Waals surface area (Å²) in [4.78, 5) is 8.05. The predicted octanol–water partition coefficient (Wildman–Crippen LogP) is 3.79. The number of aromatic nitrogens is 2. The van der Waals surface area contributed by atoms with Gasteiger partial charge in [-0.2, -0.15) is 0 Å². The number of hydrogen-bond acceptors (Lipinski definition) is 3. The van der Waals surface area contributed by atoms with Crippen LogP contribution >= 0.6 is 0 Å². The number of nitrogens with zero attached hydrogens (tertiary/aromatic N) is 2. The molecule has 0 bridgehead atoms. The molecule has 3 nitrogen and oxygen atoms in total. The third-order valence-electron chi connectivity index (χ3n) is 2.83. The van der Waals surface area contributed by atoms with Crippen LogP contribution < -0.4 is 5.32 Å². The van der Waals surface area contributed by atoms with Gasteiger partial charge in [0.2, 0.25) is 0 Å². The van der Waals surface area contributed by atoms with E-state index in [9.17, 15) is 13.2 Å². The summed E-state index contributed by atoms with van der Waals surface area (Å²) in [6.07, 6.45) is 1.31. The van der Waals surface area contributed by atoms with Crippen LogP contribution in [-0.4, -0.2) is 9.97 Å². The largest absolute Gasteiger partial charge is 0.337 e. The fourth-order valence-corrected chi connectivity index (χ4v) is 1.85. The molecule has 0 unspecified atom stereocenters. The van der Waals surface area contributed by atoms with Gasteiger partial charge in [-0.1, -0.05) is 12.1 Å². The van der Waals surface area contributed by atoms with Gasteiger partial charge in [0, 0.05) is 5.39 Å². The minimum atomic E-state index is -1.52. The maximum Gasteiger partial charge on any atom is 0.196 e. The second-order valence-corrected chi connectivity index (χ2v) is 4.09. The van der Waals surface area contributed by atoms with Crippen LogP contribution in [0.4, 0.5) is 24.7 Å². The maximum absolute atomic E-state index is 13.6. The molecule has 0 fully saturated rings. The Morgan fingerprint density at radius 3 is 2.50 bits per heavy atom. The summed E-state index contributed by atoms with van der Waals surface area (Å²) in [6.45, 7) is 0. The van der Waals surface area contributed by atoms with Gasteiger partial charge in [0.05, 0.1) is 11.2 Å². The zero-order valence-electron chi connectivity index (χ0n) is 10.1. The molecule has 2 aromatic carbocycles. The average molecular weight is 275 g/mol. The number of nitrogens with one attached hydrogen (secondary N) is 1. The molecule has 3 rings (SSSR count). The van der Waals surface area contributed by atoms with Gasteiger partial charge in [-0.15, -0.1) is 0 Å². The monoisotopic (exact) mass is 275 g/mol. The highest BCUT2D eigenvalue weighted by Crippen LogP contribution is 2.26. The minimum absolute atomic E-state index is 0.187. The molecule has 20 heavy (non-hydrogen) atoms. The van der Waals surface area contributed by atoms with Crippen molar-refractivity contribution >= 4 is 22.4 Å². The lowest BCUT2D eigenvalue weighted by atomic mass is 10.2. The van der Waals surface area contributed by atoms with Gasteiger partial charge in [0.25, 0.3) is 0 Å². The number of fused-ring (bicyclic) bond motifs is 1. The summed E-state index contributed by atoms with van der Waals surface area (Å²) in [5.41, 5.74) is 0.473. The van der Waals surface area contributed by atoms with Crippen LogP contribution in [0, 0.1) is 17.5 Å². The molecule has 100 valence electrons. The van der Waals surface area contributed by atoms with E-state index in [0.29, 0.717) is 16.7 Å². The van der Waals surface area contributed by atoms with Gasteiger partial charge in [-0.25, -0.2) is 23.1 Å². The van der Waals surface area contributed by atoms with Crippen LogP contribution in [0.3, 0.4) is 0 Å². The highest BCUT2D eigenvalue weighted by atomic mass is 19.2. The Labute approximate surface area is 112 Å². The molecule has 0 aliphatic heterocycles. The molecule has 1 aromatic heterocycles. The Hall–Kier alpha value is -2.63. The third kappa shape index (κ3) is 2.05. The second kappa shape index (κ2) is 4.80. The zero-order chi connectivity index (χ0) is 14.1. The van der Waals surface area contributed by atoms with Crippen molar-refractivity contribution in [2.45, 2.75) is 0 Å². The second-order valence-electron chi connectivity index (χ2n) is 4.09. The summed E-state index contributed by atoms with van der Waals surface area (Å²) in [6, 6.07) is 9.06. The Balaban J connectivity index is 2.08. The van der Waals surface area contributed by atoms with E-state index in [1.807, 2.05) is 0 Å². The highest BCUT2D eigenvalue weighted by molar-refractivity contribution is 5.90. The third-order valence-corrected chi connectivity index (χ3v) is 2.83. The van der Waals surface area contributed by atoms with Gasteiger partial charge in [0.15, 0.2) is 17.5 Å². The Morgan fingerprint density at radius 2 is 1.65 bits per heavy atom. The molecule has 0 spiro atoms. The van der Waals surface area contributed by atoms with Gasteiger partial charge in [-0.3, -0.25) is 0 Å². The van der Waals surface area contributed by atoms with E-state index in [0.717, 1.165) is 12.1 Å². The number of halogens is 3. The van der Waals surface area contributed by atoms with E-state index in [4.69, 9.17) is 0 Å². The van der Waals surface area contributed by atoms with E-state index in [1.165, 1.54) is 6.33 Å². The van der Waals surface area contributed by atoms with E-state index in [1.54, 1.807) is 24.3 Å². The van der Waals surface area contributed by atoms with Gasteiger partial charge >= 0.3 is 0 Å². The smallest absolute Gasteiger partial charge is 0.196 e. The summed E-state index contributed by atoms with van der Waals surface area (Å²) >= 11 is 0. The van der Waals surface area contributed by atoms with Crippen molar-refractivity contribution in [2.24, 2.45) is 0 Å². The topological polar surface area (TPSA) is 37.8 Å². The van der Waals surface area contributed by atoms with Gasteiger partial charge in [-0.05, 0) is 24.3 Å². The number of anilines is 2. The normalized spacial score (nSPS) is 10.8. The molecule has 0 saturated carbocycles. The number of rotatable bonds is 2. The van der Waals surface area contributed by atoms with Crippen LogP contribution in [0.2, 0.25) is 0 Å². The van der Waals surface area contributed by atoms with E-state index < -0.39 is 17.5 Å². The molecular weight excluding hydrogens is 267 g/mol. The van der Waals surface area contributed by atoms with Gasteiger partial charge < -0.3 is 5.32 Å². The summed E-state index contributed by atoms with van der Waals surface area (Å²) in [7, 11) is 0. The predicted molar refractivity (Wildman–Crippen MR) is 69.1 cm³/mol. The first-order valence-corrected chi connectivity index (χ1v) is 5.77. The molecule has 0 amide bonds. The molecule has 0 aliphatic rings. The summed E-state index contributed by atoms with van der Waals surface area (Å²) in [5, 5.41) is 3.30. The molecule has 0 saturated heterocycles. The van der Waals surface area contributed by atoms with E-state index in [-0.39, 0.29) is 5.69 Å². The minimum Gasteiger partial charge on any atom is -0.337 e. The van der Waals surface area contributed by atoms with Crippen molar-refractivity contribution in [1.82, 2.24) is 9.97 Å². The van der Waals surface area contributed by atoms with Crippen molar-refractivity contribution in [1.29, 1.82) is 0 Å². The molecule has 0 radical (unpaired) electrons. The summed E-state index contributed by atoms with van der Waals surface area (Å²) < 4.78 is 39.7. The zero-order valence-corrected chi connectivity index (χ0v) is 10.1. The average Bonchev–Trinajstić information content (AvgIpc) is 2.48. The number of para-hydroxylation sites is 1. The van der Waals surface area contributed by atoms with Crippen molar-refractivity contribution in [3.63, 3.8) is 0 Å². The summed E-state index contributed by atoms with van der Waals surface area (Å²) in [5.74, 6) is -3.72. The van der Waals surface area contributed by atoms with Gasteiger partial charge in [0.1, 0.15) is 12.1 Å². The fourth-order valence-electron chi connectivity index (χ4n) is 1.85. The fraction of sp³-hybridized carbons (Fsp3) is 0. The van der Waals surface area contributed by atoms with Crippen LogP contribution in [0.5, 0.6) is 0 Å². The van der Waals surface area contributed by atoms with E-state index in [2.05, 4.69) is 15.3 Å². The lowest BCUT2D eigenvalue weighted by Gasteiger charge is -2.09. The Kier molecular flexibility index (Phi) is 2.98. The first-order valence-electron chi connectivity index (χ1n) is 5.77. The van der Waals surface area contributed by atoms with Crippen molar-refractivity contribution in [3.05, 3.63) is 60.2 Å². The Bertz CT molecular complexity index is 784. The first kappa shape index (κ1) is 12.4. The van der Waals surface area contributed by atoms with Crippen molar-refractivity contribution in [2.75, 3.05) is 5.32 Å². The quantitative estimate of drug-likeness (QED) is 0.723. The molecule has 1 N–H and O–H groups in total. The molecular formula is C14H8F3N3. The SMILES string of the molecule is Fc1ccc(Nc2ncnc3ccccc23)c(F)c1F. The number of benzene rings is 2. The van der Waals surface area contributed by atoms with Crippen LogP contribution in [0.1, 0.15) is 0 Å². The van der Waals surface area contributed by atoms with Crippen molar-refractivity contribution < 1.29 is 13.2 Å². The van der Waals surface area contributed by atoms with Crippen LogP contribution in [0.15, 0.2) is 42.7 Å². The molecule has 6 heteroatoms. The molecule has 0 atom stereocenters. The maximum atomic E-state index is 13.6. The standard InChI is InChI=1S/C14H8F3N3/c15-9-5-6-11(13(17)12(9)16)20-14-8-3-1-2-4-10(8)18-7-19-14/h1-7H,(H,18,19,20). The lowest BCUT2D eigenvalue weighted by molar-refractivity contribution is 0.449. The van der Waals surface area contributed by atoms with Crippen LogP contribution in [0.25, 0.3) is 10.9 Å². The highest BCUT2D eigenvalue weighted by Gasteiger charge is 2.14. The molecule has 3 aromatic rings. The first-order chi connectivity index (χ1) is 9.66. The van der Waals surface area contributed by atoms with E-state index >= 15 is 0 Å². The Morgan fingerprint density at radius 1 is 0.850 bits per heavy atom. The number of hydrogen-bond donors (Lipinski definition) is 1.